The van der Waals surface area contributed by atoms with Crippen LogP contribution in [0.2, 0.25) is 0 Å². The summed E-state index contributed by atoms with van der Waals surface area (Å²) in [4.78, 5) is 11.6. The van der Waals surface area contributed by atoms with Gasteiger partial charge in [0.05, 0.1) is 5.69 Å². The fraction of sp³-hybridized carbons (Fsp3) is 0.0667. The summed E-state index contributed by atoms with van der Waals surface area (Å²) in [7, 11) is 0. The van der Waals surface area contributed by atoms with Gasteiger partial charge >= 0.3 is 6.09 Å². The molecule has 1 N–H and O–H groups in total. The lowest BCUT2D eigenvalue weighted by Crippen LogP contribution is -2.15. The first-order valence-corrected chi connectivity index (χ1v) is 6.77. The lowest BCUT2D eigenvalue weighted by Gasteiger charge is -2.09. The Hall–Kier alpha value is -2.39. The van der Waals surface area contributed by atoms with Crippen LogP contribution in [-0.2, 0) is 11.3 Å². The van der Waals surface area contributed by atoms with Crippen LogP contribution in [-0.4, -0.2) is 6.09 Å². The van der Waals surface area contributed by atoms with E-state index in [9.17, 15) is 9.18 Å². The number of carbonyl (C=O) groups excluding carboxylic acids is 1. The number of hydrogen-bond acceptors (Lipinski definition) is 3. The van der Waals surface area contributed by atoms with E-state index >= 15 is 0 Å². The smallest absolute Gasteiger partial charge is 0.412 e. The summed E-state index contributed by atoms with van der Waals surface area (Å²) < 4.78 is 19.2. The summed E-state index contributed by atoms with van der Waals surface area (Å²) >= 11 is 3.06. The zero-order valence-corrected chi connectivity index (χ0v) is 12.4. The lowest BCUT2D eigenvalue weighted by molar-refractivity contribution is 0.155. The number of nitrogens with one attached hydrogen (secondary N) is 1. The van der Waals surface area contributed by atoms with Crippen molar-refractivity contribution in [3.8, 4) is 6.07 Å². The second-order valence-electron chi connectivity index (χ2n) is 4.08. The summed E-state index contributed by atoms with van der Waals surface area (Å²) in [5.74, 6) is -0.802. The van der Waals surface area contributed by atoms with E-state index in [1.165, 1.54) is 12.1 Å². The number of nitrogens with zero attached hydrogens (tertiary/aromatic N) is 1. The standard InChI is InChI=1S/C15H10BrFN2O2/c16-12-6-7-13(14(17)11(12)8-18)19-15(20)21-9-10-4-2-1-3-5-10/h1-7H,9H2,(H,19,20). The van der Waals surface area contributed by atoms with Gasteiger partial charge in [-0.05, 0) is 33.6 Å². The van der Waals surface area contributed by atoms with Crippen LogP contribution in [0.4, 0.5) is 14.9 Å². The lowest BCUT2D eigenvalue weighted by atomic mass is 10.2. The number of hydrogen-bond donors (Lipinski definition) is 1. The Morgan fingerprint density at radius 3 is 2.67 bits per heavy atom. The first-order chi connectivity index (χ1) is 10.1. The van der Waals surface area contributed by atoms with Crippen molar-refractivity contribution in [1.82, 2.24) is 0 Å². The highest BCUT2D eigenvalue weighted by atomic mass is 79.9. The van der Waals surface area contributed by atoms with Crippen molar-refractivity contribution in [1.29, 1.82) is 5.26 Å². The van der Waals surface area contributed by atoms with Crippen LogP contribution in [0, 0.1) is 17.1 Å². The van der Waals surface area contributed by atoms with Gasteiger partial charge in [0, 0.05) is 4.47 Å². The Labute approximate surface area is 129 Å². The molecule has 0 spiro atoms. The van der Waals surface area contributed by atoms with E-state index in [0.29, 0.717) is 4.47 Å². The second-order valence-corrected chi connectivity index (χ2v) is 4.94. The van der Waals surface area contributed by atoms with E-state index < -0.39 is 11.9 Å². The van der Waals surface area contributed by atoms with Crippen LogP contribution in [0.5, 0.6) is 0 Å². The highest BCUT2D eigenvalue weighted by Gasteiger charge is 2.14. The molecule has 4 nitrogen and oxygen atoms in total. The van der Waals surface area contributed by atoms with Gasteiger partial charge in [0.2, 0.25) is 0 Å². The second kappa shape index (κ2) is 6.86. The predicted octanol–water partition coefficient (Wildman–Crippen LogP) is 4.21. The third kappa shape index (κ3) is 3.80. The van der Waals surface area contributed by atoms with Crippen molar-refractivity contribution >= 4 is 27.7 Å². The van der Waals surface area contributed by atoms with Crippen LogP contribution in [0.25, 0.3) is 0 Å². The van der Waals surface area contributed by atoms with Crippen LogP contribution in [0.15, 0.2) is 46.9 Å². The molecule has 0 aliphatic carbocycles. The molecule has 0 heterocycles. The Bertz CT molecular complexity index is 699. The maximum absolute atomic E-state index is 13.9. The minimum absolute atomic E-state index is 0.0793. The number of nitriles is 1. The fourth-order valence-corrected chi connectivity index (χ4v) is 2.02. The molecule has 6 heteroatoms. The summed E-state index contributed by atoms with van der Waals surface area (Å²) in [6, 6.07) is 13.7. The van der Waals surface area contributed by atoms with E-state index in [1.54, 1.807) is 18.2 Å². The summed E-state index contributed by atoms with van der Waals surface area (Å²) in [6.07, 6.45) is -0.788. The van der Waals surface area contributed by atoms with Crippen molar-refractivity contribution in [3.63, 3.8) is 0 Å². The highest BCUT2D eigenvalue weighted by Crippen LogP contribution is 2.25. The summed E-state index contributed by atoms with van der Waals surface area (Å²) in [5.41, 5.74) is 0.547. The minimum Gasteiger partial charge on any atom is -0.444 e. The van der Waals surface area contributed by atoms with Crippen molar-refractivity contribution in [3.05, 3.63) is 63.9 Å². The third-order valence-electron chi connectivity index (χ3n) is 2.65. The summed E-state index contributed by atoms with van der Waals surface area (Å²) in [6.45, 7) is 0.0793. The Morgan fingerprint density at radius 1 is 1.29 bits per heavy atom. The molecule has 0 unspecified atom stereocenters. The Morgan fingerprint density at radius 2 is 2.00 bits per heavy atom. The number of anilines is 1. The maximum atomic E-state index is 13.9. The van der Waals surface area contributed by atoms with Gasteiger partial charge in [0.1, 0.15) is 18.2 Å². The number of halogens is 2. The maximum Gasteiger partial charge on any atom is 0.412 e. The molecule has 2 aromatic carbocycles. The molecule has 0 radical (unpaired) electrons. The molecule has 0 aliphatic heterocycles. The van der Waals surface area contributed by atoms with E-state index in [1.807, 2.05) is 18.2 Å². The first-order valence-electron chi connectivity index (χ1n) is 5.97. The van der Waals surface area contributed by atoms with Crippen LogP contribution < -0.4 is 5.32 Å². The minimum atomic E-state index is -0.802. The van der Waals surface area contributed by atoms with Gasteiger partial charge in [0.25, 0.3) is 0 Å². The van der Waals surface area contributed by atoms with Crippen LogP contribution >= 0.6 is 15.9 Å². The number of amides is 1. The van der Waals surface area contributed by atoms with Crippen LogP contribution in [0.3, 0.4) is 0 Å². The highest BCUT2D eigenvalue weighted by molar-refractivity contribution is 9.10. The van der Waals surface area contributed by atoms with Gasteiger partial charge in [-0.1, -0.05) is 30.3 Å². The van der Waals surface area contributed by atoms with Gasteiger partial charge in [0.15, 0.2) is 5.82 Å². The molecule has 1 amide bonds. The average Bonchev–Trinajstić information content (AvgIpc) is 2.50. The van der Waals surface area contributed by atoms with Gasteiger partial charge in [-0.15, -0.1) is 0 Å². The number of rotatable bonds is 3. The average molecular weight is 349 g/mol. The molecular weight excluding hydrogens is 339 g/mol. The van der Waals surface area contributed by atoms with Crippen molar-refractivity contribution in [2.45, 2.75) is 6.61 Å². The first kappa shape index (κ1) is 15.0. The van der Waals surface area contributed by atoms with E-state index in [-0.39, 0.29) is 17.9 Å². The molecule has 0 saturated heterocycles. The molecule has 21 heavy (non-hydrogen) atoms. The molecule has 0 bridgehead atoms. The van der Waals surface area contributed by atoms with E-state index in [0.717, 1.165) is 5.56 Å². The largest absolute Gasteiger partial charge is 0.444 e. The quantitative estimate of drug-likeness (QED) is 0.903. The summed E-state index contributed by atoms with van der Waals surface area (Å²) in [5, 5.41) is 11.1. The van der Waals surface area contributed by atoms with Crippen molar-refractivity contribution in [2.24, 2.45) is 0 Å². The van der Waals surface area contributed by atoms with Gasteiger partial charge < -0.3 is 4.74 Å². The zero-order valence-electron chi connectivity index (χ0n) is 10.8. The number of ether oxygens (including phenoxy) is 1. The number of benzene rings is 2. The van der Waals surface area contributed by atoms with Gasteiger partial charge in [-0.2, -0.15) is 5.26 Å². The molecule has 0 aliphatic rings. The zero-order chi connectivity index (χ0) is 15.2. The SMILES string of the molecule is N#Cc1c(Br)ccc(NC(=O)OCc2ccccc2)c1F. The molecule has 2 rings (SSSR count). The predicted molar refractivity (Wildman–Crippen MR) is 79.1 cm³/mol. The van der Waals surface area contributed by atoms with Crippen LogP contribution in [0.1, 0.15) is 11.1 Å². The molecule has 0 saturated carbocycles. The van der Waals surface area contributed by atoms with Gasteiger partial charge in [-0.3, -0.25) is 5.32 Å². The topological polar surface area (TPSA) is 62.1 Å². The molecule has 0 aromatic heterocycles. The monoisotopic (exact) mass is 348 g/mol. The van der Waals surface area contributed by atoms with Gasteiger partial charge in [-0.25, -0.2) is 9.18 Å². The molecule has 0 atom stereocenters. The van der Waals surface area contributed by atoms with E-state index in [2.05, 4.69) is 21.2 Å². The molecule has 2 aromatic rings. The normalized spacial score (nSPS) is 9.76. The Balaban J connectivity index is 2.02. The van der Waals surface area contributed by atoms with Crippen molar-refractivity contribution < 1.29 is 13.9 Å². The third-order valence-corrected chi connectivity index (χ3v) is 3.31. The van der Waals surface area contributed by atoms with E-state index in [4.69, 9.17) is 10.00 Å². The van der Waals surface area contributed by atoms with Crippen molar-refractivity contribution in [2.75, 3.05) is 5.32 Å². The molecule has 0 fully saturated rings. The Kier molecular flexibility index (Phi) is 4.90. The molecule has 106 valence electrons. The molecular formula is C15H10BrFN2O2. The fourth-order valence-electron chi connectivity index (χ4n) is 1.62. The number of carbonyl (C=O) groups is 1.